The van der Waals surface area contributed by atoms with Crippen LogP contribution in [0, 0.1) is 11.8 Å². The van der Waals surface area contributed by atoms with Crippen LogP contribution < -0.4 is 5.73 Å². The van der Waals surface area contributed by atoms with Crippen LogP contribution in [0.5, 0.6) is 0 Å². The van der Waals surface area contributed by atoms with Gasteiger partial charge in [-0.2, -0.15) is 0 Å². The van der Waals surface area contributed by atoms with Crippen molar-refractivity contribution in [3.63, 3.8) is 0 Å². The lowest BCUT2D eigenvalue weighted by atomic mass is 9.82. The molecule has 6 nitrogen and oxygen atoms in total. The summed E-state index contributed by atoms with van der Waals surface area (Å²) in [6.45, 7) is 5.07. The third kappa shape index (κ3) is 4.32. The van der Waals surface area contributed by atoms with E-state index in [2.05, 4.69) is 24.0 Å². The number of rotatable bonds is 7. The number of primary amides is 1. The number of methoxy groups -OCH3 is 1. The molecule has 1 aliphatic carbocycles. The third-order valence-corrected chi connectivity index (χ3v) is 5.07. The number of amides is 1. The minimum absolute atomic E-state index is 0.0300. The molecule has 1 saturated carbocycles. The maximum Gasteiger partial charge on any atom is 0.247 e. The van der Waals surface area contributed by atoms with Crippen LogP contribution in [0.15, 0.2) is 12.2 Å². The maximum atomic E-state index is 11.8. The van der Waals surface area contributed by atoms with Crippen LogP contribution in [0.2, 0.25) is 0 Å². The Morgan fingerprint density at radius 2 is 2.13 bits per heavy atom. The van der Waals surface area contributed by atoms with E-state index >= 15 is 0 Å². The van der Waals surface area contributed by atoms with E-state index in [0.717, 1.165) is 32.4 Å². The Balaban J connectivity index is 2.23. The van der Waals surface area contributed by atoms with Crippen LogP contribution >= 0.6 is 0 Å². The summed E-state index contributed by atoms with van der Waals surface area (Å²) in [6, 6.07) is 0.0300. The Morgan fingerprint density at radius 3 is 2.70 bits per heavy atom. The summed E-state index contributed by atoms with van der Waals surface area (Å²) < 4.78 is 10.8. The quantitative estimate of drug-likeness (QED) is 0.667. The second-order valence-electron chi connectivity index (χ2n) is 6.42. The lowest BCUT2D eigenvalue weighted by molar-refractivity contribution is -0.132. The van der Waals surface area contributed by atoms with E-state index in [1.165, 1.54) is 7.11 Å². The van der Waals surface area contributed by atoms with Crippen molar-refractivity contribution in [3.8, 4) is 0 Å². The van der Waals surface area contributed by atoms with Gasteiger partial charge in [-0.15, -0.1) is 0 Å². The normalized spacial score (nSPS) is 32.2. The first kappa shape index (κ1) is 18.4. The van der Waals surface area contributed by atoms with E-state index in [-0.39, 0.29) is 24.0 Å². The lowest BCUT2D eigenvalue weighted by Gasteiger charge is -2.40. The summed E-state index contributed by atoms with van der Waals surface area (Å²) in [5.41, 5.74) is 5.55. The average Bonchev–Trinajstić information content (AvgIpc) is 2.93. The van der Waals surface area contributed by atoms with Gasteiger partial charge in [0, 0.05) is 32.2 Å². The Hall–Kier alpha value is -0.950. The Bertz CT molecular complexity index is 409. The van der Waals surface area contributed by atoms with Gasteiger partial charge in [0.2, 0.25) is 5.91 Å². The Kier molecular flexibility index (Phi) is 7.02. The summed E-state index contributed by atoms with van der Waals surface area (Å²) in [5.74, 6) is -0.397. The zero-order chi connectivity index (χ0) is 16.8. The van der Waals surface area contributed by atoms with E-state index in [4.69, 9.17) is 15.2 Å². The van der Waals surface area contributed by atoms with Gasteiger partial charge in [-0.1, -0.05) is 19.1 Å². The Labute approximate surface area is 138 Å². The topological polar surface area (TPSA) is 85.0 Å². The molecular weight excluding hydrogens is 296 g/mol. The largest absolute Gasteiger partial charge is 0.391 e. The zero-order valence-electron chi connectivity index (χ0n) is 14.2. The number of hydrogen-bond donors (Lipinski definition) is 2. The number of aliphatic hydroxyl groups excluding tert-OH is 1. The molecule has 0 aromatic heterocycles. The highest BCUT2D eigenvalue weighted by Gasteiger charge is 2.45. The van der Waals surface area contributed by atoms with E-state index in [1.807, 2.05) is 0 Å². The van der Waals surface area contributed by atoms with Crippen molar-refractivity contribution in [2.75, 3.05) is 33.4 Å². The second kappa shape index (κ2) is 8.78. The maximum absolute atomic E-state index is 11.8. The van der Waals surface area contributed by atoms with Crippen LogP contribution in [0.25, 0.3) is 0 Å². The number of nitrogens with zero attached hydrogens (tertiary/aromatic N) is 1. The fourth-order valence-corrected chi connectivity index (χ4v) is 4.02. The van der Waals surface area contributed by atoms with Crippen molar-refractivity contribution in [2.24, 2.45) is 17.6 Å². The van der Waals surface area contributed by atoms with Gasteiger partial charge < -0.3 is 20.3 Å². The smallest absolute Gasteiger partial charge is 0.247 e. The standard InChI is InChI=1S/C17H30N2O4/c1-3-4-5-13(16(22-2)17(18)21)12-6-7-14(20)15(12)19-8-10-23-11-9-19/h4-5,12-16,20H,3,6-11H2,1-2H3,(H2,18,21). The molecule has 1 aliphatic heterocycles. The summed E-state index contributed by atoms with van der Waals surface area (Å²) in [6.07, 6.45) is 5.59. The molecule has 23 heavy (non-hydrogen) atoms. The number of carbonyl (C=O) groups excluding carboxylic acids is 1. The minimum atomic E-state index is -0.656. The molecule has 5 unspecified atom stereocenters. The van der Waals surface area contributed by atoms with Crippen LogP contribution in [-0.4, -0.2) is 67.6 Å². The zero-order valence-corrected chi connectivity index (χ0v) is 14.2. The predicted octanol–water partition coefficient (Wildman–Crippen LogP) is 0.541. The summed E-state index contributed by atoms with van der Waals surface area (Å²) in [7, 11) is 1.53. The number of morpholine rings is 1. The van der Waals surface area contributed by atoms with Crippen LogP contribution in [0.3, 0.4) is 0 Å². The molecule has 1 amide bonds. The molecule has 3 N–H and O–H groups in total. The molecule has 1 heterocycles. The molecule has 2 rings (SSSR count). The van der Waals surface area contributed by atoms with Gasteiger partial charge in [-0.3, -0.25) is 9.69 Å². The molecule has 0 bridgehead atoms. The first-order valence-corrected chi connectivity index (χ1v) is 8.58. The first-order chi connectivity index (χ1) is 11.1. The van der Waals surface area contributed by atoms with Gasteiger partial charge in [0.15, 0.2) is 0 Å². The SMILES string of the molecule is CCC=CC(C(OC)C(N)=O)C1CCC(O)C1N1CCOCC1. The molecule has 0 aromatic carbocycles. The molecule has 0 radical (unpaired) electrons. The van der Waals surface area contributed by atoms with Gasteiger partial charge in [0.05, 0.1) is 19.3 Å². The molecule has 1 saturated heterocycles. The summed E-state index contributed by atoms with van der Waals surface area (Å²) >= 11 is 0. The molecule has 6 heteroatoms. The molecule has 2 fully saturated rings. The molecular formula is C17H30N2O4. The average molecular weight is 326 g/mol. The van der Waals surface area contributed by atoms with Crippen molar-refractivity contribution < 1.29 is 19.4 Å². The van der Waals surface area contributed by atoms with E-state index in [9.17, 15) is 9.90 Å². The van der Waals surface area contributed by atoms with E-state index in [0.29, 0.717) is 13.2 Å². The number of allylic oxidation sites excluding steroid dienone is 1. The molecule has 0 spiro atoms. The second-order valence-corrected chi connectivity index (χ2v) is 6.42. The van der Waals surface area contributed by atoms with Crippen molar-refractivity contribution in [1.29, 1.82) is 0 Å². The first-order valence-electron chi connectivity index (χ1n) is 8.58. The third-order valence-electron chi connectivity index (χ3n) is 5.07. The highest BCUT2D eigenvalue weighted by molar-refractivity contribution is 5.79. The number of hydrogen-bond acceptors (Lipinski definition) is 5. The van der Waals surface area contributed by atoms with Crippen molar-refractivity contribution >= 4 is 5.91 Å². The van der Waals surface area contributed by atoms with Gasteiger partial charge in [-0.05, 0) is 25.2 Å². The lowest BCUT2D eigenvalue weighted by Crippen LogP contribution is -2.53. The number of aliphatic hydroxyl groups is 1. The summed E-state index contributed by atoms with van der Waals surface area (Å²) in [4.78, 5) is 14.1. The fraction of sp³-hybridized carbons (Fsp3) is 0.824. The van der Waals surface area contributed by atoms with Gasteiger partial charge >= 0.3 is 0 Å². The molecule has 0 aromatic rings. The van der Waals surface area contributed by atoms with Gasteiger partial charge in [-0.25, -0.2) is 0 Å². The predicted molar refractivity (Wildman–Crippen MR) is 87.8 cm³/mol. The van der Waals surface area contributed by atoms with Crippen LogP contribution in [0.4, 0.5) is 0 Å². The van der Waals surface area contributed by atoms with Gasteiger partial charge in [0.1, 0.15) is 6.10 Å². The fourth-order valence-electron chi connectivity index (χ4n) is 4.02. The number of ether oxygens (including phenoxy) is 2. The monoisotopic (exact) mass is 326 g/mol. The molecule has 5 atom stereocenters. The Morgan fingerprint density at radius 1 is 1.43 bits per heavy atom. The minimum Gasteiger partial charge on any atom is -0.391 e. The van der Waals surface area contributed by atoms with Crippen molar-refractivity contribution in [3.05, 3.63) is 12.2 Å². The molecule has 2 aliphatic rings. The van der Waals surface area contributed by atoms with Crippen molar-refractivity contribution in [1.82, 2.24) is 4.90 Å². The van der Waals surface area contributed by atoms with Crippen LogP contribution in [-0.2, 0) is 14.3 Å². The van der Waals surface area contributed by atoms with E-state index < -0.39 is 12.0 Å². The van der Waals surface area contributed by atoms with E-state index in [1.54, 1.807) is 0 Å². The number of nitrogens with two attached hydrogens (primary N) is 1. The molecule has 132 valence electrons. The van der Waals surface area contributed by atoms with Crippen LogP contribution in [0.1, 0.15) is 26.2 Å². The van der Waals surface area contributed by atoms with Gasteiger partial charge in [0.25, 0.3) is 0 Å². The summed E-state index contributed by atoms with van der Waals surface area (Å²) in [5, 5.41) is 10.5. The highest BCUT2D eigenvalue weighted by Crippen LogP contribution is 2.38. The number of carbonyl (C=O) groups is 1. The highest BCUT2D eigenvalue weighted by atomic mass is 16.5. The van der Waals surface area contributed by atoms with Crippen molar-refractivity contribution in [2.45, 2.75) is 44.4 Å².